The lowest BCUT2D eigenvalue weighted by molar-refractivity contribution is -0.128. The van der Waals surface area contributed by atoms with Crippen molar-refractivity contribution in [2.75, 3.05) is 26.7 Å². The van der Waals surface area contributed by atoms with Gasteiger partial charge in [-0.25, -0.2) is 13.6 Å². The van der Waals surface area contributed by atoms with Gasteiger partial charge in [0.15, 0.2) is 11.6 Å². The second-order valence-corrected chi connectivity index (χ2v) is 5.04. The number of nitrogens with one attached hydrogen (secondary N) is 1. The average Bonchev–Trinajstić information content (AvgIpc) is 2.87. The van der Waals surface area contributed by atoms with Crippen molar-refractivity contribution in [2.24, 2.45) is 0 Å². The summed E-state index contributed by atoms with van der Waals surface area (Å²) in [5.74, 6) is -2.14. The largest absolute Gasteiger partial charge is 0.336 e. The molecule has 1 aromatic rings. The van der Waals surface area contributed by atoms with Crippen molar-refractivity contribution in [3.63, 3.8) is 0 Å². The van der Waals surface area contributed by atoms with Crippen LogP contribution in [0.3, 0.4) is 0 Å². The maximum Gasteiger partial charge on any atom is 0.324 e. The summed E-state index contributed by atoms with van der Waals surface area (Å²) in [6.07, 6.45) is 0. The van der Waals surface area contributed by atoms with E-state index in [0.717, 1.165) is 17.0 Å². The molecule has 0 saturated carbocycles. The highest BCUT2D eigenvalue weighted by molar-refractivity contribution is 5.96. The number of urea groups is 1. The first-order valence-corrected chi connectivity index (χ1v) is 6.63. The van der Waals surface area contributed by atoms with E-state index in [4.69, 9.17) is 0 Å². The molecule has 1 aliphatic rings. The van der Waals surface area contributed by atoms with E-state index in [2.05, 4.69) is 5.32 Å². The number of carbonyl (C=O) groups is 2. The predicted molar refractivity (Wildman–Crippen MR) is 72.5 cm³/mol. The first kappa shape index (κ1) is 15.4. The molecule has 1 heterocycles. The maximum atomic E-state index is 13.2. The number of carbonyl (C=O) groups excluding carboxylic acids is 2. The van der Waals surface area contributed by atoms with Gasteiger partial charge in [0, 0.05) is 19.1 Å². The van der Waals surface area contributed by atoms with E-state index in [-0.39, 0.29) is 18.5 Å². The van der Waals surface area contributed by atoms with Gasteiger partial charge in [-0.2, -0.15) is 0 Å². The van der Waals surface area contributed by atoms with Gasteiger partial charge in [-0.3, -0.25) is 14.6 Å². The van der Waals surface area contributed by atoms with Gasteiger partial charge in [-0.05, 0) is 31.7 Å². The van der Waals surface area contributed by atoms with Gasteiger partial charge in [0.05, 0.1) is 6.54 Å². The number of halogens is 2. The third-order valence-electron chi connectivity index (χ3n) is 3.63. The van der Waals surface area contributed by atoms with E-state index < -0.39 is 17.7 Å². The summed E-state index contributed by atoms with van der Waals surface area (Å²) in [5, 5.41) is 2.55. The van der Waals surface area contributed by atoms with E-state index in [1.807, 2.05) is 0 Å². The first-order chi connectivity index (χ1) is 9.90. The Balaban J connectivity index is 2.01. The SMILES string of the molecule is CC(c1ccc(F)c(F)c1)N(C)CC(=O)N1CCNC1=O. The standard InChI is InChI=1S/C14H17F2N3O2/c1-9(10-3-4-11(15)12(16)7-10)18(2)8-13(20)19-6-5-17-14(19)21/h3-4,7,9H,5-6,8H2,1-2H3,(H,17,21). The molecule has 1 fully saturated rings. The molecule has 7 heteroatoms. The van der Waals surface area contributed by atoms with Crippen LogP contribution in [0, 0.1) is 11.6 Å². The van der Waals surface area contributed by atoms with Crippen LogP contribution in [0.1, 0.15) is 18.5 Å². The minimum atomic E-state index is -0.919. The van der Waals surface area contributed by atoms with Crippen LogP contribution in [0.4, 0.5) is 13.6 Å². The summed E-state index contributed by atoms with van der Waals surface area (Å²) in [7, 11) is 1.69. The predicted octanol–water partition coefficient (Wildman–Crippen LogP) is 1.51. The van der Waals surface area contributed by atoms with Crippen molar-refractivity contribution in [1.29, 1.82) is 0 Å². The number of rotatable bonds is 4. The normalized spacial score (nSPS) is 16.2. The molecular weight excluding hydrogens is 280 g/mol. The molecule has 114 valence electrons. The highest BCUT2D eigenvalue weighted by atomic mass is 19.2. The molecule has 1 aromatic carbocycles. The number of likely N-dealkylation sites (N-methyl/N-ethyl adjacent to an activating group) is 1. The second kappa shape index (κ2) is 6.17. The average molecular weight is 297 g/mol. The van der Waals surface area contributed by atoms with Crippen LogP contribution in [0.5, 0.6) is 0 Å². The van der Waals surface area contributed by atoms with Crippen molar-refractivity contribution in [3.8, 4) is 0 Å². The number of imide groups is 1. The van der Waals surface area contributed by atoms with Crippen LogP contribution in [-0.2, 0) is 4.79 Å². The van der Waals surface area contributed by atoms with Crippen LogP contribution in [-0.4, -0.2) is 48.4 Å². The van der Waals surface area contributed by atoms with Gasteiger partial charge >= 0.3 is 6.03 Å². The fourth-order valence-electron chi connectivity index (χ4n) is 2.17. The van der Waals surface area contributed by atoms with E-state index in [1.54, 1.807) is 18.9 Å². The molecular formula is C14H17F2N3O2. The molecule has 2 rings (SSSR count). The number of amides is 3. The van der Waals surface area contributed by atoms with Crippen LogP contribution in [0.25, 0.3) is 0 Å². The molecule has 3 amide bonds. The molecule has 1 unspecified atom stereocenters. The topological polar surface area (TPSA) is 52.7 Å². The summed E-state index contributed by atoms with van der Waals surface area (Å²) in [6.45, 7) is 2.61. The molecule has 1 saturated heterocycles. The van der Waals surface area contributed by atoms with Crippen LogP contribution in [0.15, 0.2) is 18.2 Å². The molecule has 1 atom stereocenters. The van der Waals surface area contributed by atoms with Gasteiger partial charge in [-0.15, -0.1) is 0 Å². The van der Waals surface area contributed by atoms with Crippen molar-refractivity contribution in [3.05, 3.63) is 35.4 Å². The van der Waals surface area contributed by atoms with Crippen molar-refractivity contribution in [1.82, 2.24) is 15.1 Å². The molecule has 1 N–H and O–H groups in total. The number of benzene rings is 1. The van der Waals surface area contributed by atoms with Crippen molar-refractivity contribution in [2.45, 2.75) is 13.0 Å². The van der Waals surface area contributed by atoms with Crippen LogP contribution >= 0.6 is 0 Å². The summed E-state index contributed by atoms with van der Waals surface area (Å²) in [4.78, 5) is 26.2. The zero-order chi connectivity index (χ0) is 15.6. The molecule has 0 spiro atoms. The van der Waals surface area contributed by atoms with Crippen molar-refractivity contribution < 1.29 is 18.4 Å². The Kier molecular flexibility index (Phi) is 4.52. The maximum absolute atomic E-state index is 13.2. The van der Waals surface area contributed by atoms with Crippen LogP contribution in [0.2, 0.25) is 0 Å². The van der Waals surface area contributed by atoms with Gasteiger partial charge < -0.3 is 5.32 Å². The molecule has 1 aliphatic heterocycles. The Morgan fingerprint density at radius 1 is 1.43 bits per heavy atom. The Bertz CT molecular complexity index is 565. The molecule has 5 nitrogen and oxygen atoms in total. The fraction of sp³-hybridized carbons (Fsp3) is 0.429. The fourth-order valence-corrected chi connectivity index (χ4v) is 2.17. The minimum absolute atomic E-state index is 0.0214. The monoisotopic (exact) mass is 297 g/mol. The van der Waals surface area contributed by atoms with E-state index in [9.17, 15) is 18.4 Å². The third kappa shape index (κ3) is 3.36. The molecule has 0 bridgehead atoms. The molecule has 0 aromatic heterocycles. The summed E-state index contributed by atoms with van der Waals surface area (Å²) < 4.78 is 26.2. The lowest BCUT2D eigenvalue weighted by Gasteiger charge is -2.26. The number of hydrogen-bond donors (Lipinski definition) is 1. The summed E-state index contributed by atoms with van der Waals surface area (Å²) >= 11 is 0. The highest BCUT2D eigenvalue weighted by Gasteiger charge is 2.27. The van der Waals surface area contributed by atoms with Crippen molar-refractivity contribution >= 4 is 11.9 Å². The van der Waals surface area contributed by atoms with E-state index in [1.165, 1.54) is 6.07 Å². The minimum Gasteiger partial charge on any atom is -0.336 e. The van der Waals surface area contributed by atoms with E-state index >= 15 is 0 Å². The van der Waals surface area contributed by atoms with Gasteiger partial charge in [0.25, 0.3) is 0 Å². The summed E-state index contributed by atoms with van der Waals surface area (Å²) in [6, 6.07) is 2.98. The molecule has 0 radical (unpaired) electrons. The number of hydrogen-bond acceptors (Lipinski definition) is 3. The Morgan fingerprint density at radius 2 is 2.14 bits per heavy atom. The molecule has 21 heavy (non-hydrogen) atoms. The Labute approximate surface area is 121 Å². The zero-order valence-electron chi connectivity index (χ0n) is 11.9. The number of nitrogens with zero attached hydrogens (tertiary/aromatic N) is 2. The van der Waals surface area contributed by atoms with E-state index in [0.29, 0.717) is 18.7 Å². The van der Waals surface area contributed by atoms with Gasteiger partial charge in [0.1, 0.15) is 0 Å². The molecule has 0 aliphatic carbocycles. The Hall–Kier alpha value is -2.02. The third-order valence-corrected chi connectivity index (χ3v) is 3.63. The second-order valence-electron chi connectivity index (χ2n) is 5.04. The lowest BCUT2D eigenvalue weighted by atomic mass is 10.1. The Morgan fingerprint density at radius 3 is 2.71 bits per heavy atom. The first-order valence-electron chi connectivity index (χ1n) is 6.63. The lowest BCUT2D eigenvalue weighted by Crippen LogP contribution is -2.41. The smallest absolute Gasteiger partial charge is 0.324 e. The van der Waals surface area contributed by atoms with Gasteiger partial charge in [0.2, 0.25) is 5.91 Å². The quantitative estimate of drug-likeness (QED) is 0.916. The van der Waals surface area contributed by atoms with Gasteiger partial charge in [-0.1, -0.05) is 6.07 Å². The highest BCUT2D eigenvalue weighted by Crippen LogP contribution is 2.20. The zero-order valence-corrected chi connectivity index (χ0v) is 11.9. The van der Waals surface area contributed by atoms with Crippen LogP contribution < -0.4 is 5.32 Å². The summed E-state index contributed by atoms with van der Waals surface area (Å²) in [5.41, 5.74) is 0.565.